The van der Waals surface area contributed by atoms with Crippen LogP contribution in [0.3, 0.4) is 0 Å². The van der Waals surface area contributed by atoms with Crippen LogP contribution in [0, 0.1) is 5.82 Å². The Kier molecular flexibility index (Phi) is 4.63. The summed E-state index contributed by atoms with van der Waals surface area (Å²) in [5.41, 5.74) is 1.15. The molecular formula is C15H13FO3S. The second kappa shape index (κ2) is 6.43. The van der Waals surface area contributed by atoms with Gasteiger partial charge in [-0.15, -0.1) is 0 Å². The largest absolute Gasteiger partial charge is 0.480 e. The molecule has 2 aromatic carbocycles. The molecular weight excluding hydrogens is 279 g/mol. The molecule has 0 saturated heterocycles. The molecule has 0 aromatic heterocycles. The summed E-state index contributed by atoms with van der Waals surface area (Å²) in [4.78, 5) is 11.3. The summed E-state index contributed by atoms with van der Waals surface area (Å²) in [6, 6.07) is 14.0. The SMILES string of the molecule is O=C(O)C(c1ccccc1)S(=O)Cc1ccc(F)cc1. The van der Waals surface area contributed by atoms with Crippen molar-refractivity contribution in [3.63, 3.8) is 0 Å². The highest BCUT2D eigenvalue weighted by Crippen LogP contribution is 2.23. The molecule has 0 spiro atoms. The predicted octanol–water partition coefficient (Wildman–Crippen LogP) is 2.90. The van der Waals surface area contributed by atoms with Crippen molar-refractivity contribution in [2.75, 3.05) is 0 Å². The first-order valence-corrected chi connectivity index (χ1v) is 7.35. The summed E-state index contributed by atoms with van der Waals surface area (Å²) in [5.74, 6) is -1.43. The van der Waals surface area contributed by atoms with E-state index in [0.29, 0.717) is 11.1 Å². The van der Waals surface area contributed by atoms with Crippen LogP contribution < -0.4 is 0 Å². The van der Waals surface area contributed by atoms with Crippen LogP contribution in [0.5, 0.6) is 0 Å². The van der Waals surface area contributed by atoms with Gasteiger partial charge in [0.1, 0.15) is 5.82 Å². The smallest absolute Gasteiger partial charge is 0.323 e. The molecule has 0 amide bonds. The van der Waals surface area contributed by atoms with E-state index in [1.165, 1.54) is 24.3 Å². The Labute approximate surface area is 118 Å². The Balaban J connectivity index is 2.20. The Hall–Kier alpha value is -2.01. The standard InChI is InChI=1S/C15H13FO3S/c16-13-8-6-11(7-9-13)10-20(19)14(15(17)18)12-4-2-1-3-5-12/h1-9,14H,10H2,(H,17,18). The molecule has 0 fully saturated rings. The van der Waals surface area contributed by atoms with Crippen molar-refractivity contribution in [1.82, 2.24) is 0 Å². The maximum atomic E-state index is 12.8. The first kappa shape index (κ1) is 14.4. The zero-order valence-electron chi connectivity index (χ0n) is 10.5. The van der Waals surface area contributed by atoms with Crippen LogP contribution >= 0.6 is 0 Å². The van der Waals surface area contributed by atoms with E-state index >= 15 is 0 Å². The van der Waals surface area contributed by atoms with Gasteiger partial charge in [-0.25, -0.2) is 4.39 Å². The summed E-state index contributed by atoms with van der Waals surface area (Å²) in [7, 11) is -1.62. The molecule has 0 aliphatic carbocycles. The number of carboxylic acids is 1. The number of hydrogen-bond acceptors (Lipinski definition) is 2. The summed E-state index contributed by atoms with van der Waals surface area (Å²) in [5, 5.41) is 8.18. The van der Waals surface area contributed by atoms with Gasteiger partial charge in [-0.3, -0.25) is 9.00 Å². The van der Waals surface area contributed by atoms with Gasteiger partial charge in [0.05, 0.1) is 0 Å². The number of benzene rings is 2. The van der Waals surface area contributed by atoms with Crippen LogP contribution in [0.1, 0.15) is 16.4 Å². The van der Waals surface area contributed by atoms with Gasteiger partial charge in [-0.1, -0.05) is 42.5 Å². The molecule has 0 heterocycles. The molecule has 2 aromatic rings. The molecule has 3 nitrogen and oxygen atoms in total. The molecule has 20 heavy (non-hydrogen) atoms. The Morgan fingerprint density at radius 1 is 1.10 bits per heavy atom. The minimum absolute atomic E-state index is 0.0755. The Morgan fingerprint density at radius 2 is 1.70 bits per heavy atom. The van der Waals surface area contributed by atoms with Crippen molar-refractivity contribution in [3.8, 4) is 0 Å². The van der Waals surface area contributed by atoms with Crippen LogP contribution in [-0.2, 0) is 21.3 Å². The molecule has 0 aliphatic rings. The maximum Gasteiger partial charge on any atom is 0.323 e. The van der Waals surface area contributed by atoms with Gasteiger partial charge in [0.25, 0.3) is 0 Å². The number of carbonyl (C=O) groups is 1. The van der Waals surface area contributed by atoms with E-state index in [2.05, 4.69) is 0 Å². The number of carboxylic acid groups (broad SMARTS) is 1. The van der Waals surface area contributed by atoms with Gasteiger partial charge in [-0.2, -0.15) is 0 Å². The van der Waals surface area contributed by atoms with E-state index in [-0.39, 0.29) is 11.6 Å². The Morgan fingerprint density at radius 3 is 2.25 bits per heavy atom. The normalized spacial score (nSPS) is 13.7. The lowest BCUT2D eigenvalue weighted by Crippen LogP contribution is -2.18. The first-order chi connectivity index (χ1) is 9.58. The van der Waals surface area contributed by atoms with Crippen molar-refractivity contribution < 1.29 is 18.5 Å². The quantitative estimate of drug-likeness (QED) is 0.922. The van der Waals surface area contributed by atoms with Crippen LogP contribution in [0.2, 0.25) is 0 Å². The van der Waals surface area contributed by atoms with Crippen LogP contribution in [0.4, 0.5) is 4.39 Å². The lowest BCUT2D eigenvalue weighted by Gasteiger charge is -2.12. The minimum atomic E-state index is -1.62. The third kappa shape index (κ3) is 3.51. The van der Waals surface area contributed by atoms with Gasteiger partial charge < -0.3 is 5.11 Å². The molecule has 104 valence electrons. The highest BCUT2D eigenvalue weighted by Gasteiger charge is 2.26. The summed E-state index contributed by atoms with van der Waals surface area (Å²) in [6.45, 7) is 0. The molecule has 2 rings (SSSR count). The second-order valence-electron chi connectivity index (χ2n) is 4.28. The van der Waals surface area contributed by atoms with Crippen molar-refractivity contribution in [2.24, 2.45) is 0 Å². The lowest BCUT2D eigenvalue weighted by molar-refractivity contribution is -0.136. The number of aliphatic carboxylic acids is 1. The van der Waals surface area contributed by atoms with Gasteiger partial charge in [-0.05, 0) is 23.3 Å². The topological polar surface area (TPSA) is 54.4 Å². The zero-order valence-corrected chi connectivity index (χ0v) is 11.3. The average molecular weight is 292 g/mol. The monoisotopic (exact) mass is 292 g/mol. The fourth-order valence-electron chi connectivity index (χ4n) is 1.86. The summed E-state index contributed by atoms with van der Waals surface area (Å²) < 4.78 is 25.1. The molecule has 0 saturated carbocycles. The molecule has 1 N–H and O–H groups in total. The molecule has 2 atom stereocenters. The summed E-state index contributed by atoms with van der Waals surface area (Å²) in [6.07, 6.45) is 0. The highest BCUT2D eigenvalue weighted by molar-refractivity contribution is 7.85. The molecule has 5 heteroatoms. The molecule has 0 bridgehead atoms. The van der Waals surface area contributed by atoms with E-state index in [0.717, 1.165) is 0 Å². The van der Waals surface area contributed by atoms with Crippen molar-refractivity contribution in [2.45, 2.75) is 11.0 Å². The molecule has 0 radical (unpaired) electrons. The zero-order chi connectivity index (χ0) is 14.5. The van der Waals surface area contributed by atoms with Crippen LogP contribution in [0.25, 0.3) is 0 Å². The summed E-state index contributed by atoms with van der Waals surface area (Å²) >= 11 is 0. The van der Waals surface area contributed by atoms with Gasteiger partial charge in [0.15, 0.2) is 5.25 Å². The predicted molar refractivity (Wildman–Crippen MR) is 75.1 cm³/mol. The molecule has 2 unspecified atom stereocenters. The number of halogens is 1. The fraction of sp³-hybridized carbons (Fsp3) is 0.133. The first-order valence-electron chi connectivity index (χ1n) is 5.97. The van der Waals surface area contributed by atoms with Crippen molar-refractivity contribution in [1.29, 1.82) is 0 Å². The molecule has 0 aliphatic heterocycles. The minimum Gasteiger partial charge on any atom is -0.480 e. The fourth-order valence-corrected chi connectivity index (χ4v) is 3.24. The maximum absolute atomic E-state index is 12.8. The lowest BCUT2D eigenvalue weighted by atomic mass is 10.1. The Bertz CT molecular complexity index is 611. The van der Waals surface area contributed by atoms with Crippen LogP contribution in [0.15, 0.2) is 54.6 Å². The van der Waals surface area contributed by atoms with Gasteiger partial charge in [0, 0.05) is 16.6 Å². The average Bonchev–Trinajstić information content (AvgIpc) is 2.42. The van der Waals surface area contributed by atoms with E-state index in [9.17, 15) is 18.5 Å². The van der Waals surface area contributed by atoms with Crippen molar-refractivity contribution in [3.05, 3.63) is 71.5 Å². The van der Waals surface area contributed by atoms with E-state index < -0.39 is 22.0 Å². The second-order valence-corrected chi connectivity index (χ2v) is 5.80. The third-order valence-corrected chi connectivity index (χ3v) is 4.43. The number of hydrogen-bond donors (Lipinski definition) is 1. The highest BCUT2D eigenvalue weighted by atomic mass is 32.2. The number of rotatable bonds is 5. The van der Waals surface area contributed by atoms with Crippen LogP contribution in [-0.4, -0.2) is 15.3 Å². The van der Waals surface area contributed by atoms with Gasteiger partial charge >= 0.3 is 5.97 Å². The van der Waals surface area contributed by atoms with E-state index in [1.807, 2.05) is 0 Å². The van der Waals surface area contributed by atoms with E-state index in [4.69, 9.17) is 0 Å². The third-order valence-electron chi connectivity index (χ3n) is 2.81. The van der Waals surface area contributed by atoms with Crippen molar-refractivity contribution >= 4 is 16.8 Å². The van der Waals surface area contributed by atoms with E-state index in [1.54, 1.807) is 30.3 Å². The van der Waals surface area contributed by atoms with Gasteiger partial charge in [0.2, 0.25) is 0 Å².